The predicted octanol–water partition coefficient (Wildman–Crippen LogP) is 3.74. The molecule has 0 bridgehead atoms. The third kappa shape index (κ3) is 2.34. The Balaban J connectivity index is 1.85. The summed E-state index contributed by atoms with van der Waals surface area (Å²) in [7, 11) is 0. The maximum atomic E-state index is 13.3. The fourth-order valence-corrected chi connectivity index (χ4v) is 3.82. The van der Waals surface area contributed by atoms with E-state index in [-0.39, 0.29) is 23.5 Å². The number of hydrogen-bond donors (Lipinski definition) is 0. The predicted molar refractivity (Wildman–Crippen MR) is 92.5 cm³/mol. The lowest BCUT2D eigenvalue weighted by Gasteiger charge is -2.25. The van der Waals surface area contributed by atoms with Crippen molar-refractivity contribution in [2.45, 2.75) is 32.5 Å². The average molecular weight is 338 g/mol. The quantitative estimate of drug-likeness (QED) is 0.855. The second kappa shape index (κ2) is 5.69. The summed E-state index contributed by atoms with van der Waals surface area (Å²) >= 11 is 0. The van der Waals surface area contributed by atoms with Gasteiger partial charge < -0.3 is 4.90 Å². The Morgan fingerprint density at radius 1 is 1.04 bits per heavy atom. The number of amides is 2. The molecule has 2 aromatic carbocycles. The third-order valence-electron chi connectivity index (χ3n) is 4.87. The van der Waals surface area contributed by atoms with Crippen molar-refractivity contribution < 1.29 is 14.0 Å². The monoisotopic (exact) mass is 338 g/mol. The molecule has 0 unspecified atom stereocenters. The fraction of sp³-hybridized carbons (Fsp3) is 0.300. The lowest BCUT2D eigenvalue weighted by molar-refractivity contribution is -0.119. The van der Waals surface area contributed by atoms with Crippen molar-refractivity contribution in [2.75, 3.05) is 4.90 Å². The number of rotatable bonds is 3. The molecule has 2 aliphatic heterocycles. The van der Waals surface area contributed by atoms with Gasteiger partial charge in [0.2, 0.25) is 0 Å². The van der Waals surface area contributed by atoms with Crippen molar-refractivity contribution in [3.8, 4) is 0 Å². The largest absolute Gasteiger partial charge is 0.301 e. The molecule has 0 aliphatic carbocycles. The molecule has 0 aromatic heterocycles. The van der Waals surface area contributed by atoms with Gasteiger partial charge in [-0.3, -0.25) is 14.5 Å². The van der Waals surface area contributed by atoms with Crippen LogP contribution in [-0.2, 0) is 4.79 Å². The van der Waals surface area contributed by atoms with Gasteiger partial charge in [-0.2, -0.15) is 0 Å². The lowest BCUT2D eigenvalue weighted by Crippen LogP contribution is -2.37. The molecule has 4 rings (SSSR count). The van der Waals surface area contributed by atoms with Gasteiger partial charge in [0.15, 0.2) is 0 Å². The summed E-state index contributed by atoms with van der Waals surface area (Å²) in [5.41, 5.74) is 2.08. The minimum atomic E-state index is -0.491. The second-order valence-electron chi connectivity index (χ2n) is 7.00. The van der Waals surface area contributed by atoms with Gasteiger partial charge in [-0.1, -0.05) is 32.0 Å². The molecule has 2 amide bonds. The molecule has 1 saturated heterocycles. The number of fused-ring (bicyclic) bond motifs is 3. The summed E-state index contributed by atoms with van der Waals surface area (Å²) in [4.78, 5) is 29.4. The lowest BCUT2D eigenvalue weighted by atomic mass is 10.0. The van der Waals surface area contributed by atoms with Crippen LogP contribution in [0.4, 0.5) is 10.1 Å². The first-order chi connectivity index (χ1) is 12.0. The molecule has 4 nitrogen and oxygen atoms in total. The van der Waals surface area contributed by atoms with Gasteiger partial charge in [-0.05, 0) is 42.7 Å². The van der Waals surface area contributed by atoms with Crippen LogP contribution >= 0.6 is 0 Å². The minimum absolute atomic E-state index is 0.104. The molecule has 5 heteroatoms. The highest BCUT2D eigenvalue weighted by atomic mass is 19.1. The maximum Gasteiger partial charge on any atom is 0.256 e. The smallest absolute Gasteiger partial charge is 0.256 e. The molecule has 128 valence electrons. The van der Waals surface area contributed by atoms with Gasteiger partial charge in [-0.25, -0.2) is 4.39 Å². The van der Waals surface area contributed by atoms with Crippen molar-refractivity contribution in [3.63, 3.8) is 0 Å². The highest BCUT2D eigenvalue weighted by Crippen LogP contribution is 2.46. The van der Waals surface area contributed by atoms with E-state index in [9.17, 15) is 14.0 Å². The number of carbonyl (C=O) groups is 2. The summed E-state index contributed by atoms with van der Waals surface area (Å²) in [6, 6.07) is 12.8. The SMILES string of the molecule is CC(C)C[C@H]1C(=O)N(c2ccc(F)cc2)[C@@H]2c3ccccc3C(=O)N12. The topological polar surface area (TPSA) is 40.6 Å². The highest BCUT2D eigenvalue weighted by Gasteiger charge is 2.54. The Hall–Kier alpha value is -2.69. The normalized spacial score (nSPS) is 21.9. The van der Waals surface area contributed by atoms with E-state index in [1.807, 2.05) is 32.0 Å². The zero-order chi connectivity index (χ0) is 17.7. The molecule has 1 fully saturated rings. The summed E-state index contributed by atoms with van der Waals surface area (Å²) in [6.45, 7) is 4.08. The average Bonchev–Trinajstić information content (AvgIpc) is 3.03. The molecule has 25 heavy (non-hydrogen) atoms. The zero-order valence-electron chi connectivity index (χ0n) is 14.1. The molecule has 0 spiro atoms. The van der Waals surface area contributed by atoms with E-state index in [2.05, 4.69) is 0 Å². The van der Waals surface area contributed by atoms with Crippen LogP contribution in [0, 0.1) is 11.7 Å². The molecular weight excluding hydrogens is 319 g/mol. The van der Waals surface area contributed by atoms with Crippen LogP contribution < -0.4 is 4.90 Å². The molecular formula is C20H19FN2O2. The van der Waals surface area contributed by atoms with Crippen LogP contribution in [0.5, 0.6) is 0 Å². The van der Waals surface area contributed by atoms with Gasteiger partial charge >= 0.3 is 0 Å². The maximum absolute atomic E-state index is 13.3. The first-order valence-corrected chi connectivity index (χ1v) is 8.49. The summed E-state index contributed by atoms with van der Waals surface area (Å²) < 4.78 is 13.3. The molecule has 2 atom stereocenters. The minimum Gasteiger partial charge on any atom is -0.301 e. The Bertz CT molecular complexity index is 847. The molecule has 0 radical (unpaired) electrons. The standard InChI is InChI=1S/C20H19FN2O2/c1-12(2)11-17-20(25)22(14-9-7-13(21)8-10-14)18-15-5-3-4-6-16(15)19(24)23(17)18/h3-10,12,17-18H,11H2,1-2H3/t17-,18-/m0/s1. The van der Waals surface area contributed by atoms with E-state index in [1.165, 1.54) is 12.1 Å². The van der Waals surface area contributed by atoms with Crippen LogP contribution in [0.15, 0.2) is 48.5 Å². The van der Waals surface area contributed by atoms with Crippen molar-refractivity contribution >= 4 is 17.5 Å². The Kier molecular flexibility index (Phi) is 3.60. The van der Waals surface area contributed by atoms with Crippen LogP contribution in [0.1, 0.15) is 42.4 Å². The van der Waals surface area contributed by atoms with E-state index in [0.29, 0.717) is 17.7 Å². The van der Waals surface area contributed by atoms with Gasteiger partial charge in [0.25, 0.3) is 11.8 Å². The fourth-order valence-electron chi connectivity index (χ4n) is 3.82. The molecule has 2 aliphatic rings. The van der Waals surface area contributed by atoms with Gasteiger partial charge in [0, 0.05) is 16.8 Å². The molecule has 0 saturated carbocycles. The Morgan fingerprint density at radius 3 is 2.40 bits per heavy atom. The Labute approximate surface area is 145 Å². The first-order valence-electron chi connectivity index (χ1n) is 8.49. The number of anilines is 1. The Morgan fingerprint density at radius 2 is 1.72 bits per heavy atom. The summed E-state index contributed by atoms with van der Waals surface area (Å²) in [6.07, 6.45) is 0.151. The van der Waals surface area contributed by atoms with Crippen molar-refractivity contribution in [1.82, 2.24) is 4.90 Å². The second-order valence-corrected chi connectivity index (χ2v) is 7.00. The van der Waals surface area contributed by atoms with E-state index in [0.717, 1.165) is 5.56 Å². The van der Waals surface area contributed by atoms with Gasteiger partial charge in [-0.15, -0.1) is 0 Å². The van der Waals surface area contributed by atoms with Crippen molar-refractivity contribution in [2.24, 2.45) is 5.92 Å². The zero-order valence-corrected chi connectivity index (χ0v) is 14.1. The van der Waals surface area contributed by atoms with E-state index >= 15 is 0 Å². The molecule has 2 aromatic rings. The number of nitrogens with zero attached hydrogens (tertiary/aromatic N) is 2. The van der Waals surface area contributed by atoms with Crippen LogP contribution in [0.25, 0.3) is 0 Å². The van der Waals surface area contributed by atoms with E-state index in [1.54, 1.807) is 28.0 Å². The van der Waals surface area contributed by atoms with Crippen molar-refractivity contribution in [1.29, 1.82) is 0 Å². The number of hydrogen-bond acceptors (Lipinski definition) is 2. The summed E-state index contributed by atoms with van der Waals surface area (Å²) in [5.74, 6) is -0.287. The van der Waals surface area contributed by atoms with Crippen LogP contribution in [0.3, 0.4) is 0 Å². The van der Waals surface area contributed by atoms with Gasteiger partial charge in [0.05, 0.1) is 0 Å². The van der Waals surface area contributed by atoms with E-state index < -0.39 is 12.2 Å². The van der Waals surface area contributed by atoms with Gasteiger partial charge in [0.1, 0.15) is 18.0 Å². The van der Waals surface area contributed by atoms with Crippen molar-refractivity contribution in [3.05, 3.63) is 65.5 Å². The summed E-state index contributed by atoms with van der Waals surface area (Å²) in [5, 5.41) is 0. The molecule has 2 heterocycles. The van der Waals surface area contributed by atoms with E-state index in [4.69, 9.17) is 0 Å². The van der Waals surface area contributed by atoms with Crippen LogP contribution in [0.2, 0.25) is 0 Å². The molecule has 0 N–H and O–H groups in total. The van der Waals surface area contributed by atoms with Crippen LogP contribution in [-0.4, -0.2) is 22.8 Å². The highest BCUT2D eigenvalue weighted by molar-refractivity contribution is 6.10. The number of halogens is 1. The number of carbonyl (C=O) groups excluding carboxylic acids is 2. The first kappa shape index (κ1) is 15.8. The third-order valence-corrected chi connectivity index (χ3v) is 4.87. The number of benzene rings is 2.